The first-order valence-electron chi connectivity index (χ1n) is 8.58. The second kappa shape index (κ2) is 7.12. The minimum Gasteiger partial charge on any atom is -0.378 e. The molecule has 0 unspecified atom stereocenters. The first-order valence-corrected chi connectivity index (χ1v) is 8.58. The molecule has 0 aromatic carbocycles. The van der Waals surface area contributed by atoms with Gasteiger partial charge in [0, 0.05) is 58.0 Å². The van der Waals surface area contributed by atoms with Gasteiger partial charge >= 0.3 is 0 Å². The van der Waals surface area contributed by atoms with Crippen LogP contribution in [0.15, 0.2) is 37.2 Å². The maximum Gasteiger partial charge on any atom is 0.145 e. The quantitative estimate of drug-likeness (QED) is 0.731. The molecular weight excluding hydrogens is 332 g/mol. The van der Waals surface area contributed by atoms with E-state index in [-0.39, 0.29) is 6.04 Å². The van der Waals surface area contributed by atoms with Gasteiger partial charge in [0.2, 0.25) is 0 Å². The van der Waals surface area contributed by atoms with Crippen molar-refractivity contribution in [3.63, 3.8) is 0 Å². The summed E-state index contributed by atoms with van der Waals surface area (Å²) in [6.45, 7) is 3.10. The van der Waals surface area contributed by atoms with Crippen LogP contribution in [-0.2, 0) is 18.8 Å². The van der Waals surface area contributed by atoms with E-state index < -0.39 is 0 Å². The topological polar surface area (TPSA) is 85.9 Å². The fourth-order valence-corrected chi connectivity index (χ4v) is 3.09. The zero-order chi connectivity index (χ0) is 17.9. The summed E-state index contributed by atoms with van der Waals surface area (Å²) < 4.78 is 9.38. The number of rotatable bonds is 5. The van der Waals surface area contributed by atoms with Gasteiger partial charge in [-0.25, -0.2) is 19.9 Å². The molecule has 3 aromatic heterocycles. The van der Waals surface area contributed by atoms with Crippen molar-refractivity contribution in [2.75, 3.05) is 36.5 Å². The molecule has 0 bridgehead atoms. The van der Waals surface area contributed by atoms with Crippen LogP contribution in [0.2, 0.25) is 0 Å². The normalized spacial score (nSPS) is 14.8. The third-order valence-corrected chi connectivity index (χ3v) is 4.51. The van der Waals surface area contributed by atoms with E-state index in [2.05, 4.69) is 30.2 Å². The van der Waals surface area contributed by atoms with E-state index in [4.69, 9.17) is 4.74 Å². The Labute approximate surface area is 151 Å². The van der Waals surface area contributed by atoms with Crippen LogP contribution in [-0.4, -0.2) is 55.4 Å². The molecule has 0 aliphatic carbocycles. The van der Waals surface area contributed by atoms with Crippen LogP contribution in [0, 0.1) is 0 Å². The van der Waals surface area contributed by atoms with E-state index in [0.29, 0.717) is 0 Å². The minimum atomic E-state index is -0.220. The minimum absolute atomic E-state index is 0.220. The molecule has 1 aliphatic heterocycles. The molecule has 4 rings (SSSR count). The number of aromatic nitrogens is 6. The third kappa shape index (κ3) is 3.25. The van der Waals surface area contributed by atoms with E-state index in [1.165, 1.54) is 0 Å². The highest BCUT2D eigenvalue weighted by atomic mass is 16.5. The van der Waals surface area contributed by atoms with Gasteiger partial charge in [0.15, 0.2) is 0 Å². The van der Waals surface area contributed by atoms with E-state index in [1.807, 2.05) is 41.7 Å². The second-order valence-electron chi connectivity index (χ2n) is 6.23. The molecule has 0 saturated carbocycles. The summed E-state index contributed by atoms with van der Waals surface area (Å²) in [5, 5.41) is 3.47. The second-order valence-corrected chi connectivity index (χ2v) is 6.23. The summed E-state index contributed by atoms with van der Waals surface area (Å²) >= 11 is 0. The van der Waals surface area contributed by atoms with Crippen molar-refractivity contribution in [2.24, 2.45) is 14.1 Å². The van der Waals surface area contributed by atoms with Gasteiger partial charge in [-0.1, -0.05) is 0 Å². The summed E-state index contributed by atoms with van der Waals surface area (Å²) in [5.74, 6) is 3.36. The number of aryl methyl sites for hydroxylation is 2. The SMILES string of the molecule is Cn1ccnc1C(Nc1cc(N2CCOCC2)ncn1)c1nccn1C. The molecule has 1 fully saturated rings. The van der Waals surface area contributed by atoms with Crippen molar-refractivity contribution in [1.82, 2.24) is 29.1 Å². The van der Waals surface area contributed by atoms with Crippen molar-refractivity contribution in [3.05, 3.63) is 48.8 Å². The van der Waals surface area contributed by atoms with Crippen molar-refractivity contribution >= 4 is 11.6 Å². The average Bonchev–Trinajstić information content (AvgIpc) is 3.29. The molecule has 136 valence electrons. The van der Waals surface area contributed by atoms with Crippen LogP contribution in [0.4, 0.5) is 11.6 Å². The number of nitrogens with one attached hydrogen (secondary N) is 1. The number of hydrogen-bond acceptors (Lipinski definition) is 7. The molecule has 0 spiro atoms. The number of nitrogens with zero attached hydrogens (tertiary/aromatic N) is 7. The van der Waals surface area contributed by atoms with Crippen molar-refractivity contribution in [3.8, 4) is 0 Å². The lowest BCUT2D eigenvalue weighted by Crippen LogP contribution is -2.36. The lowest BCUT2D eigenvalue weighted by molar-refractivity contribution is 0.122. The predicted octanol–water partition coefficient (Wildman–Crippen LogP) is 0.982. The van der Waals surface area contributed by atoms with E-state index in [0.717, 1.165) is 49.6 Å². The Kier molecular flexibility index (Phi) is 4.53. The van der Waals surface area contributed by atoms with E-state index >= 15 is 0 Å². The predicted molar refractivity (Wildman–Crippen MR) is 96.9 cm³/mol. The highest BCUT2D eigenvalue weighted by molar-refractivity contribution is 5.50. The number of morpholine rings is 1. The molecule has 9 heteroatoms. The fourth-order valence-electron chi connectivity index (χ4n) is 3.09. The van der Waals surface area contributed by atoms with Crippen LogP contribution in [0.3, 0.4) is 0 Å². The first-order chi connectivity index (χ1) is 12.7. The number of imidazole rings is 2. The Balaban J connectivity index is 1.64. The van der Waals surface area contributed by atoms with Gasteiger partial charge in [-0.3, -0.25) is 0 Å². The fraction of sp³-hybridized carbons (Fsp3) is 0.412. The number of hydrogen-bond donors (Lipinski definition) is 1. The third-order valence-electron chi connectivity index (χ3n) is 4.51. The Morgan fingerprint density at radius 3 is 2.19 bits per heavy atom. The van der Waals surface area contributed by atoms with Crippen molar-refractivity contribution in [2.45, 2.75) is 6.04 Å². The van der Waals surface area contributed by atoms with Gasteiger partial charge in [-0.2, -0.15) is 0 Å². The average molecular weight is 354 g/mol. The molecule has 1 aliphatic rings. The van der Waals surface area contributed by atoms with Gasteiger partial charge in [-0.05, 0) is 0 Å². The Morgan fingerprint density at radius 2 is 1.62 bits per heavy atom. The molecule has 1 N–H and O–H groups in total. The summed E-state index contributed by atoms with van der Waals surface area (Å²) in [4.78, 5) is 20.0. The van der Waals surface area contributed by atoms with Crippen LogP contribution < -0.4 is 10.2 Å². The van der Waals surface area contributed by atoms with Gasteiger partial charge < -0.3 is 24.1 Å². The maximum atomic E-state index is 5.42. The molecule has 26 heavy (non-hydrogen) atoms. The number of ether oxygens (including phenoxy) is 1. The van der Waals surface area contributed by atoms with Crippen LogP contribution in [0.5, 0.6) is 0 Å². The zero-order valence-electron chi connectivity index (χ0n) is 14.9. The van der Waals surface area contributed by atoms with Gasteiger partial charge in [-0.15, -0.1) is 0 Å². The summed E-state index contributed by atoms with van der Waals surface area (Å²) in [7, 11) is 3.94. The molecule has 9 nitrogen and oxygen atoms in total. The number of anilines is 2. The summed E-state index contributed by atoms with van der Waals surface area (Å²) in [5.41, 5.74) is 0. The molecule has 0 radical (unpaired) electrons. The van der Waals surface area contributed by atoms with E-state index in [1.54, 1.807) is 18.7 Å². The highest BCUT2D eigenvalue weighted by Crippen LogP contribution is 2.24. The molecule has 4 heterocycles. The van der Waals surface area contributed by atoms with Gasteiger partial charge in [0.05, 0.1) is 13.2 Å². The lowest BCUT2D eigenvalue weighted by atomic mass is 10.2. The van der Waals surface area contributed by atoms with E-state index in [9.17, 15) is 0 Å². The molecular formula is C17H22N8O. The maximum absolute atomic E-state index is 5.42. The Bertz CT molecular complexity index is 827. The van der Waals surface area contributed by atoms with Gasteiger partial charge in [0.25, 0.3) is 0 Å². The Hall–Kier alpha value is -2.94. The largest absolute Gasteiger partial charge is 0.378 e. The molecule has 0 amide bonds. The standard InChI is InChI=1S/C17H22N8O/c1-23-5-3-18-16(23)15(17-19-4-6-24(17)2)22-13-11-14(21-12-20-13)25-7-9-26-10-8-25/h3-6,11-12,15H,7-10H2,1-2H3,(H,20,21,22). The lowest BCUT2D eigenvalue weighted by Gasteiger charge is -2.28. The van der Waals surface area contributed by atoms with Crippen molar-refractivity contribution in [1.29, 1.82) is 0 Å². The smallest absolute Gasteiger partial charge is 0.145 e. The Morgan fingerprint density at radius 1 is 0.962 bits per heavy atom. The molecule has 1 saturated heterocycles. The first kappa shape index (κ1) is 16.5. The van der Waals surface area contributed by atoms with Crippen LogP contribution in [0.1, 0.15) is 17.7 Å². The monoisotopic (exact) mass is 354 g/mol. The zero-order valence-corrected chi connectivity index (χ0v) is 14.9. The highest BCUT2D eigenvalue weighted by Gasteiger charge is 2.23. The molecule has 3 aromatic rings. The van der Waals surface area contributed by atoms with Crippen LogP contribution >= 0.6 is 0 Å². The summed E-state index contributed by atoms with van der Waals surface area (Å²) in [6.07, 6.45) is 9.00. The summed E-state index contributed by atoms with van der Waals surface area (Å²) in [6, 6.07) is 1.74. The van der Waals surface area contributed by atoms with Crippen molar-refractivity contribution < 1.29 is 4.74 Å². The van der Waals surface area contributed by atoms with Gasteiger partial charge in [0.1, 0.15) is 35.7 Å². The molecule has 0 atom stereocenters. The van der Waals surface area contributed by atoms with Crippen LogP contribution in [0.25, 0.3) is 0 Å².